The van der Waals surface area contributed by atoms with Crippen molar-refractivity contribution >= 4 is 23.7 Å². The topological polar surface area (TPSA) is 161 Å². The number of aromatic nitrogens is 2. The highest BCUT2D eigenvalue weighted by atomic mass is 16.6. The van der Waals surface area contributed by atoms with Crippen LogP contribution in [-0.2, 0) is 23.8 Å². The Hall–Kier alpha value is -2.70. The maximum atomic E-state index is 12.1. The smallest absolute Gasteiger partial charge is 0.303 e. The number of aliphatic hydroxyl groups excluding tert-OH is 2. The third-order valence-electron chi connectivity index (χ3n) is 4.11. The highest BCUT2D eigenvalue weighted by Gasteiger charge is 2.50. The summed E-state index contributed by atoms with van der Waals surface area (Å²) in [6.07, 6.45) is -3.94. The van der Waals surface area contributed by atoms with E-state index < -0.39 is 55.2 Å². The molecule has 0 aromatic carbocycles. The van der Waals surface area contributed by atoms with Crippen LogP contribution < -0.4 is 10.6 Å². The van der Waals surface area contributed by atoms with Crippen molar-refractivity contribution in [1.82, 2.24) is 14.9 Å². The summed E-state index contributed by atoms with van der Waals surface area (Å²) in [7, 11) is 0. The number of anilines is 1. The minimum atomic E-state index is -1.12. The molecule has 12 nitrogen and oxygen atoms in total. The number of fused-ring (bicyclic) bond motifs is 1. The van der Waals surface area contributed by atoms with Gasteiger partial charge < -0.3 is 35.1 Å². The SMILES string of the molecule is CC(=O)O[C@@H]1[C@H](OC(C)=O)[C@@H](CO)O[C@H]1n1cnc2c1NCC(O)NC2=O. The molecule has 1 fully saturated rings. The van der Waals surface area contributed by atoms with Crippen LogP contribution in [0, 0.1) is 0 Å². The summed E-state index contributed by atoms with van der Waals surface area (Å²) in [5.74, 6) is -1.65. The predicted octanol–water partition coefficient (Wildman–Crippen LogP) is -1.89. The lowest BCUT2D eigenvalue weighted by atomic mass is 10.1. The molecule has 0 radical (unpaired) electrons. The van der Waals surface area contributed by atoms with Crippen LogP contribution in [0.15, 0.2) is 6.33 Å². The molecule has 5 atom stereocenters. The van der Waals surface area contributed by atoms with Crippen molar-refractivity contribution < 1.29 is 38.8 Å². The molecule has 3 heterocycles. The average molecular weight is 384 g/mol. The molecule has 0 aliphatic carbocycles. The zero-order valence-electron chi connectivity index (χ0n) is 14.6. The summed E-state index contributed by atoms with van der Waals surface area (Å²) in [4.78, 5) is 39.1. The van der Waals surface area contributed by atoms with E-state index in [0.29, 0.717) is 0 Å². The summed E-state index contributed by atoms with van der Waals surface area (Å²) in [6.45, 7) is 1.88. The number of nitrogens with one attached hydrogen (secondary N) is 2. The molecular weight excluding hydrogens is 364 g/mol. The molecule has 1 saturated heterocycles. The van der Waals surface area contributed by atoms with Crippen molar-refractivity contribution in [2.45, 2.75) is 44.6 Å². The van der Waals surface area contributed by atoms with Crippen LogP contribution in [-0.4, -0.2) is 75.3 Å². The Morgan fingerprint density at radius 3 is 2.63 bits per heavy atom. The van der Waals surface area contributed by atoms with Gasteiger partial charge in [0.1, 0.15) is 18.1 Å². The number of hydrogen-bond donors (Lipinski definition) is 4. The molecule has 1 aromatic rings. The first-order valence-electron chi connectivity index (χ1n) is 8.22. The highest BCUT2D eigenvalue weighted by Crippen LogP contribution is 2.36. The Morgan fingerprint density at radius 1 is 1.33 bits per heavy atom. The molecule has 0 bridgehead atoms. The molecule has 148 valence electrons. The van der Waals surface area contributed by atoms with E-state index >= 15 is 0 Å². The molecule has 1 amide bonds. The number of hydrogen-bond acceptors (Lipinski definition) is 10. The van der Waals surface area contributed by atoms with Crippen LogP contribution >= 0.6 is 0 Å². The molecule has 1 aromatic heterocycles. The van der Waals surface area contributed by atoms with Crippen LogP contribution in [0.5, 0.6) is 0 Å². The minimum Gasteiger partial charge on any atom is -0.456 e. The van der Waals surface area contributed by atoms with Gasteiger partial charge in [-0.25, -0.2) is 4.98 Å². The van der Waals surface area contributed by atoms with E-state index in [9.17, 15) is 24.6 Å². The second-order valence-corrected chi connectivity index (χ2v) is 6.11. The summed E-state index contributed by atoms with van der Waals surface area (Å²) >= 11 is 0. The summed E-state index contributed by atoms with van der Waals surface area (Å²) in [5.41, 5.74) is 0.00760. The molecule has 3 rings (SSSR count). The van der Waals surface area contributed by atoms with Gasteiger partial charge in [-0.2, -0.15) is 0 Å². The van der Waals surface area contributed by atoms with E-state index in [1.54, 1.807) is 0 Å². The van der Waals surface area contributed by atoms with E-state index in [-0.39, 0.29) is 18.1 Å². The number of carbonyl (C=O) groups excluding carboxylic acids is 3. The predicted molar refractivity (Wildman–Crippen MR) is 86.3 cm³/mol. The van der Waals surface area contributed by atoms with E-state index in [1.807, 2.05) is 0 Å². The molecule has 0 saturated carbocycles. The number of ether oxygens (including phenoxy) is 3. The van der Waals surface area contributed by atoms with E-state index in [2.05, 4.69) is 15.6 Å². The zero-order chi connectivity index (χ0) is 19.7. The van der Waals surface area contributed by atoms with Crippen molar-refractivity contribution in [2.24, 2.45) is 0 Å². The molecule has 4 N–H and O–H groups in total. The van der Waals surface area contributed by atoms with Crippen molar-refractivity contribution in [2.75, 3.05) is 18.5 Å². The quantitative estimate of drug-likeness (QED) is 0.432. The number of carbonyl (C=O) groups is 3. The number of rotatable bonds is 4. The Labute approximate surface area is 153 Å². The van der Waals surface area contributed by atoms with Crippen LogP contribution in [0.25, 0.3) is 0 Å². The Kier molecular flexibility index (Phi) is 5.30. The number of esters is 2. The summed E-state index contributed by atoms with van der Waals surface area (Å²) in [6, 6.07) is 0. The summed E-state index contributed by atoms with van der Waals surface area (Å²) < 4.78 is 17.6. The second-order valence-electron chi connectivity index (χ2n) is 6.11. The van der Waals surface area contributed by atoms with Gasteiger partial charge in [-0.15, -0.1) is 0 Å². The fraction of sp³-hybridized carbons (Fsp3) is 0.600. The van der Waals surface area contributed by atoms with Crippen LogP contribution in [0.2, 0.25) is 0 Å². The molecule has 0 spiro atoms. The fourth-order valence-electron chi connectivity index (χ4n) is 3.09. The lowest BCUT2D eigenvalue weighted by Gasteiger charge is -2.24. The first-order valence-corrected chi connectivity index (χ1v) is 8.22. The lowest BCUT2D eigenvalue weighted by molar-refractivity contribution is -0.165. The average Bonchev–Trinajstić information content (AvgIpc) is 3.10. The molecule has 2 aliphatic heterocycles. The fourth-order valence-corrected chi connectivity index (χ4v) is 3.09. The summed E-state index contributed by atoms with van der Waals surface area (Å²) in [5, 5.41) is 24.5. The van der Waals surface area contributed by atoms with Crippen LogP contribution in [0.1, 0.15) is 30.6 Å². The lowest BCUT2D eigenvalue weighted by Crippen LogP contribution is -2.40. The first kappa shape index (κ1) is 19.1. The van der Waals surface area contributed by atoms with E-state index in [1.165, 1.54) is 24.7 Å². The van der Waals surface area contributed by atoms with Crippen molar-refractivity contribution in [3.05, 3.63) is 12.0 Å². The van der Waals surface area contributed by atoms with Crippen molar-refractivity contribution in [3.8, 4) is 0 Å². The van der Waals surface area contributed by atoms with Gasteiger partial charge in [0.15, 0.2) is 24.1 Å². The maximum absolute atomic E-state index is 12.1. The van der Waals surface area contributed by atoms with Gasteiger partial charge in [-0.1, -0.05) is 0 Å². The van der Waals surface area contributed by atoms with Crippen molar-refractivity contribution in [1.29, 1.82) is 0 Å². The first-order chi connectivity index (χ1) is 12.8. The molecule has 12 heteroatoms. The zero-order valence-corrected chi connectivity index (χ0v) is 14.6. The number of nitrogens with zero attached hydrogens (tertiary/aromatic N) is 2. The number of aliphatic hydroxyl groups is 2. The van der Waals surface area contributed by atoms with Crippen LogP contribution in [0.4, 0.5) is 5.82 Å². The van der Waals surface area contributed by atoms with Crippen LogP contribution in [0.3, 0.4) is 0 Å². The largest absolute Gasteiger partial charge is 0.456 e. The number of imidazole rings is 1. The number of β-amino-alcohol motifs (C(OH)–C–C–N with tert-alkyl or cyclic N) is 1. The second kappa shape index (κ2) is 7.50. The Morgan fingerprint density at radius 2 is 2.00 bits per heavy atom. The van der Waals surface area contributed by atoms with Gasteiger partial charge in [0.05, 0.1) is 19.5 Å². The monoisotopic (exact) mass is 384 g/mol. The van der Waals surface area contributed by atoms with Gasteiger partial charge in [0.2, 0.25) is 0 Å². The van der Waals surface area contributed by atoms with Gasteiger partial charge in [0, 0.05) is 13.8 Å². The van der Waals surface area contributed by atoms with Gasteiger partial charge in [0.25, 0.3) is 5.91 Å². The molecule has 27 heavy (non-hydrogen) atoms. The van der Waals surface area contributed by atoms with Gasteiger partial charge in [-0.3, -0.25) is 19.0 Å². The van der Waals surface area contributed by atoms with Gasteiger partial charge >= 0.3 is 11.9 Å². The van der Waals surface area contributed by atoms with E-state index in [4.69, 9.17) is 14.2 Å². The standard InChI is InChI=1S/C15H20N4O8/c1-6(21)25-11-8(4-20)27-15(12(11)26-7(2)22)19-5-17-10-13(19)16-3-9(23)18-14(10)24/h5,8-9,11-12,15-16,20,23H,3-4H2,1-2H3,(H,18,24)/t8-,9?,11-,12-,15-/m1/s1. The third kappa shape index (κ3) is 3.72. The molecule has 1 unspecified atom stereocenters. The molecular formula is C15H20N4O8. The minimum absolute atomic E-state index is 0.00614. The van der Waals surface area contributed by atoms with E-state index in [0.717, 1.165) is 0 Å². The third-order valence-corrected chi connectivity index (χ3v) is 4.11. The molecule has 2 aliphatic rings. The Balaban J connectivity index is 1.98. The number of amides is 1. The maximum Gasteiger partial charge on any atom is 0.303 e. The van der Waals surface area contributed by atoms with Gasteiger partial charge in [-0.05, 0) is 0 Å². The Bertz CT molecular complexity index is 750. The normalized spacial score (nSPS) is 29.9. The highest BCUT2D eigenvalue weighted by molar-refractivity contribution is 5.97. The van der Waals surface area contributed by atoms with Crippen molar-refractivity contribution in [3.63, 3.8) is 0 Å².